The molecule has 4 nitrogen and oxygen atoms in total. The molecule has 1 unspecified atom stereocenters. The molecule has 0 heterocycles. The van der Waals surface area contributed by atoms with Crippen LogP contribution in [0.5, 0.6) is 5.75 Å². The second kappa shape index (κ2) is 7.49. The van der Waals surface area contributed by atoms with E-state index in [9.17, 15) is 9.90 Å². The molecule has 4 heteroatoms. The lowest BCUT2D eigenvalue weighted by Gasteiger charge is -2.23. The molecule has 1 atom stereocenters. The molecular formula is C20H24O4. The van der Waals surface area contributed by atoms with E-state index in [1.807, 2.05) is 36.4 Å². The molecule has 2 aromatic carbocycles. The number of rotatable bonds is 5. The smallest absolute Gasteiger partial charge is 0.339 e. The summed E-state index contributed by atoms with van der Waals surface area (Å²) in [6, 6.07) is 15.1. The average molecular weight is 328 g/mol. The van der Waals surface area contributed by atoms with Crippen molar-refractivity contribution in [3.63, 3.8) is 0 Å². The molecule has 0 bridgehead atoms. The zero-order valence-electron chi connectivity index (χ0n) is 14.6. The lowest BCUT2D eigenvalue weighted by Crippen LogP contribution is -2.16. The maximum Gasteiger partial charge on any atom is 0.339 e. The van der Waals surface area contributed by atoms with E-state index >= 15 is 0 Å². The molecule has 0 aliphatic carbocycles. The van der Waals surface area contributed by atoms with Crippen LogP contribution in [-0.4, -0.2) is 18.2 Å². The van der Waals surface area contributed by atoms with E-state index in [0.717, 1.165) is 16.9 Å². The van der Waals surface area contributed by atoms with E-state index in [1.165, 1.54) is 7.11 Å². The highest BCUT2D eigenvalue weighted by atomic mass is 16.5. The van der Waals surface area contributed by atoms with Crippen LogP contribution in [0.2, 0.25) is 0 Å². The van der Waals surface area contributed by atoms with Gasteiger partial charge in [-0.2, -0.15) is 0 Å². The molecule has 1 N–H and O–H groups in total. The zero-order valence-corrected chi connectivity index (χ0v) is 14.6. The van der Waals surface area contributed by atoms with Crippen LogP contribution in [0.3, 0.4) is 0 Å². The summed E-state index contributed by atoms with van der Waals surface area (Å²) >= 11 is 0. The minimum atomic E-state index is -1.31. The van der Waals surface area contributed by atoms with E-state index in [1.54, 1.807) is 12.1 Å². The Morgan fingerprint density at radius 3 is 2.38 bits per heavy atom. The van der Waals surface area contributed by atoms with Gasteiger partial charge in [-0.1, -0.05) is 63.2 Å². The van der Waals surface area contributed by atoms with Crippen molar-refractivity contribution in [2.75, 3.05) is 7.11 Å². The van der Waals surface area contributed by atoms with Crippen molar-refractivity contribution >= 4 is 5.97 Å². The first-order valence-corrected chi connectivity index (χ1v) is 7.90. The van der Waals surface area contributed by atoms with Crippen LogP contribution >= 0.6 is 0 Å². The number of para-hydroxylation sites is 1. The maximum atomic E-state index is 11.6. The molecule has 0 radical (unpaired) electrons. The molecule has 0 fully saturated rings. The maximum absolute atomic E-state index is 11.6. The fraction of sp³-hybridized carbons (Fsp3) is 0.350. The quantitative estimate of drug-likeness (QED) is 0.849. The molecule has 0 saturated heterocycles. The van der Waals surface area contributed by atoms with E-state index in [0.29, 0.717) is 5.56 Å². The number of benzene rings is 2. The van der Waals surface area contributed by atoms with Crippen molar-refractivity contribution in [2.24, 2.45) is 0 Å². The number of hydrogen-bond acceptors (Lipinski definition) is 4. The molecule has 24 heavy (non-hydrogen) atoms. The van der Waals surface area contributed by atoms with E-state index in [2.05, 4.69) is 25.5 Å². The SMILES string of the molecule is COC(=O)C(O)c1ccccc1COc1ccccc1C(C)(C)C. The largest absolute Gasteiger partial charge is 0.489 e. The highest BCUT2D eigenvalue weighted by molar-refractivity contribution is 5.76. The highest BCUT2D eigenvalue weighted by Gasteiger charge is 2.22. The van der Waals surface area contributed by atoms with Gasteiger partial charge in [-0.25, -0.2) is 4.79 Å². The van der Waals surface area contributed by atoms with Gasteiger partial charge in [0.15, 0.2) is 6.10 Å². The van der Waals surface area contributed by atoms with Crippen LogP contribution < -0.4 is 4.74 Å². The number of aliphatic hydroxyl groups excluding tert-OH is 1. The van der Waals surface area contributed by atoms with Gasteiger partial charge in [0.05, 0.1) is 7.11 Å². The minimum absolute atomic E-state index is 0.0400. The first-order valence-electron chi connectivity index (χ1n) is 7.90. The molecule has 0 aliphatic rings. The molecule has 2 rings (SSSR count). The number of hydrogen-bond donors (Lipinski definition) is 1. The van der Waals surface area contributed by atoms with Crippen LogP contribution in [0.1, 0.15) is 43.6 Å². The van der Waals surface area contributed by atoms with Gasteiger partial charge in [0.25, 0.3) is 0 Å². The Morgan fingerprint density at radius 2 is 1.71 bits per heavy atom. The van der Waals surface area contributed by atoms with Gasteiger partial charge in [0, 0.05) is 0 Å². The Bertz CT molecular complexity index is 701. The van der Waals surface area contributed by atoms with Gasteiger partial charge >= 0.3 is 5.97 Å². The third-order valence-electron chi connectivity index (χ3n) is 3.85. The molecule has 128 valence electrons. The third-order valence-corrected chi connectivity index (χ3v) is 3.85. The van der Waals surface area contributed by atoms with E-state index in [-0.39, 0.29) is 12.0 Å². The Kier molecular flexibility index (Phi) is 5.62. The molecular weight excluding hydrogens is 304 g/mol. The molecule has 0 saturated carbocycles. The van der Waals surface area contributed by atoms with Gasteiger partial charge in [-0.3, -0.25) is 0 Å². The van der Waals surface area contributed by atoms with Gasteiger partial charge < -0.3 is 14.6 Å². The fourth-order valence-electron chi connectivity index (χ4n) is 2.54. The Morgan fingerprint density at radius 1 is 1.08 bits per heavy atom. The molecule has 0 spiro atoms. The number of carbonyl (C=O) groups excluding carboxylic acids is 1. The van der Waals surface area contributed by atoms with Crippen LogP contribution in [0.4, 0.5) is 0 Å². The third kappa shape index (κ3) is 4.15. The van der Waals surface area contributed by atoms with Crippen molar-refractivity contribution in [3.8, 4) is 5.75 Å². The Balaban J connectivity index is 2.24. The van der Waals surface area contributed by atoms with Crippen LogP contribution in [-0.2, 0) is 21.6 Å². The second-order valence-corrected chi connectivity index (χ2v) is 6.66. The first-order chi connectivity index (χ1) is 11.3. The monoisotopic (exact) mass is 328 g/mol. The standard InChI is InChI=1S/C20H24O4/c1-20(2,3)16-11-7-8-12-17(16)24-13-14-9-5-6-10-15(14)18(21)19(22)23-4/h5-12,18,21H,13H2,1-4H3. The van der Waals surface area contributed by atoms with Crippen molar-refractivity contribution in [1.29, 1.82) is 0 Å². The number of aliphatic hydroxyl groups is 1. The molecule has 0 amide bonds. The van der Waals surface area contributed by atoms with Gasteiger partial charge in [-0.15, -0.1) is 0 Å². The van der Waals surface area contributed by atoms with E-state index in [4.69, 9.17) is 4.74 Å². The summed E-state index contributed by atoms with van der Waals surface area (Å²) in [6.07, 6.45) is -1.31. The zero-order chi connectivity index (χ0) is 17.7. The van der Waals surface area contributed by atoms with Crippen LogP contribution in [0, 0.1) is 0 Å². The Hall–Kier alpha value is -2.33. The first kappa shape index (κ1) is 18.0. The summed E-state index contributed by atoms with van der Waals surface area (Å²) in [6.45, 7) is 6.65. The summed E-state index contributed by atoms with van der Waals surface area (Å²) < 4.78 is 10.6. The predicted molar refractivity (Wildman–Crippen MR) is 92.9 cm³/mol. The summed E-state index contributed by atoms with van der Waals surface area (Å²) in [5.41, 5.74) is 2.31. The molecule has 2 aromatic rings. The fourth-order valence-corrected chi connectivity index (χ4v) is 2.54. The normalized spacial score (nSPS) is 12.5. The van der Waals surface area contributed by atoms with Gasteiger partial charge in [-0.05, 0) is 28.2 Å². The summed E-state index contributed by atoms with van der Waals surface area (Å²) in [5, 5.41) is 10.1. The molecule has 0 aromatic heterocycles. The summed E-state index contributed by atoms with van der Waals surface area (Å²) in [5.74, 6) is 0.116. The molecule has 0 aliphatic heterocycles. The van der Waals surface area contributed by atoms with Gasteiger partial charge in [0.1, 0.15) is 12.4 Å². The van der Waals surface area contributed by atoms with Gasteiger partial charge in [0.2, 0.25) is 0 Å². The highest BCUT2D eigenvalue weighted by Crippen LogP contribution is 2.32. The van der Waals surface area contributed by atoms with Crippen molar-refractivity contribution in [1.82, 2.24) is 0 Å². The van der Waals surface area contributed by atoms with E-state index < -0.39 is 12.1 Å². The number of carbonyl (C=O) groups is 1. The lowest BCUT2D eigenvalue weighted by molar-refractivity contribution is -0.150. The topological polar surface area (TPSA) is 55.8 Å². The predicted octanol–water partition coefficient (Wildman–Crippen LogP) is 3.77. The minimum Gasteiger partial charge on any atom is -0.489 e. The summed E-state index contributed by atoms with van der Waals surface area (Å²) in [7, 11) is 1.25. The van der Waals surface area contributed by atoms with Crippen molar-refractivity contribution in [3.05, 3.63) is 65.2 Å². The lowest BCUT2D eigenvalue weighted by atomic mass is 9.86. The number of methoxy groups -OCH3 is 1. The summed E-state index contributed by atoms with van der Waals surface area (Å²) in [4.78, 5) is 11.6. The number of esters is 1. The van der Waals surface area contributed by atoms with Crippen molar-refractivity contribution in [2.45, 2.75) is 38.9 Å². The van der Waals surface area contributed by atoms with Crippen LogP contribution in [0.25, 0.3) is 0 Å². The average Bonchev–Trinajstić information content (AvgIpc) is 2.58. The van der Waals surface area contributed by atoms with Crippen LogP contribution in [0.15, 0.2) is 48.5 Å². The number of ether oxygens (including phenoxy) is 2. The van der Waals surface area contributed by atoms with Crippen molar-refractivity contribution < 1.29 is 19.4 Å². The second-order valence-electron chi connectivity index (χ2n) is 6.66. The Labute approximate surface area is 143 Å².